The van der Waals surface area contributed by atoms with Gasteiger partial charge >= 0.3 is 0 Å². The molecule has 0 radical (unpaired) electrons. The normalized spacial score (nSPS) is 11.8. The molecule has 0 bridgehead atoms. The lowest BCUT2D eigenvalue weighted by Gasteiger charge is -2.16. The summed E-state index contributed by atoms with van der Waals surface area (Å²) in [5.74, 6) is 3.88. The van der Waals surface area contributed by atoms with Crippen LogP contribution < -0.4 is 9.47 Å². The molecule has 1 rings (SSSR count). The van der Waals surface area contributed by atoms with Gasteiger partial charge in [0.15, 0.2) is 11.5 Å². The predicted molar refractivity (Wildman–Crippen MR) is 153 cm³/mol. The number of rotatable bonds is 22. The Kier molecular flexibility index (Phi) is 20.0. The highest BCUT2D eigenvalue weighted by Gasteiger charge is 2.08. The summed E-state index contributed by atoms with van der Waals surface area (Å²) in [5, 5.41) is 0. The fourth-order valence-corrected chi connectivity index (χ4v) is 4.21. The molecule has 0 aliphatic rings. The lowest BCUT2D eigenvalue weighted by Crippen LogP contribution is -2.11. The number of allylic oxidation sites excluding steroid dienone is 3. The molecule has 3 nitrogen and oxygen atoms in total. The summed E-state index contributed by atoms with van der Waals surface area (Å²) in [7, 11) is 6.85. The van der Waals surface area contributed by atoms with E-state index in [1.165, 1.54) is 82.6 Å². The van der Waals surface area contributed by atoms with Crippen LogP contribution in [0.4, 0.5) is 0 Å². The van der Waals surface area contributed by atoms with Gasteiger partial charge in [-0.15, -0.1) is 9.24 Å². The summed E-state index contributed by atoms with van der Waals surface area (Å²) in [6, 6.07) is 6.43. The van der Waals surface area contributed by atoms with E-state index in [0.717, 1.165) is 44.1 Å². The molecule has 0 saturated heterocycles. The van der Waals surface area contributed by atoms with Crippen molar-refractivity contribution in [1.29, 1.82) is 0 Å². The Bertz CT molecular complexity index is 657. The number of hydrogen-bond donors (Lipinski definition) is 0. The first kappa shape index (κ1) is 30.7. The maximum Gasteiger partial charge on any atom is 0.161 e. The van der Waals surface area contributed by atoms with Crippen molar-refractivity contribution in [2.45, 2.75) is 103 Å². The molecule has 0 fully saturated rings. The average Bonchev–Trinajstić information content (AvgIpc) is 2.82. The largest absolute Gasteiger partial charge is 0.490 e. The molecule has 0 N–H and O–H groups in total. The van der Waals surface area contributed by atoms with Crippen LogP contribution in [0.15, 0.2) is 42.2 Å². The van der Waals surface area contributed by atoms with Gasteiger partial charge in [-0.2, -0.15) is 0 Å². The van der Waals surface area contributed by atoms with E-state index in [1.807, 2.05) is 0 Å². The number of unbranched alkanes of at least 4 members (excludes halogenated alkanes) is 12. The first-order valence-corrected chi connectivity index (χ1v) is 14.3. The third kappa shape index (κ3) is 17.2. The minimum atomic E-state index is 0.769. The van der Waals surface area contributed by atoms with Gasteiger partial charge < -0.3 is 14.4 Å². The second-order valence-corrected chi connectivity index (χ2v) is 9.92. The van der Waals surface area contributed by atoms with Crippen molar-refractivity contribution in [3.63, 3.8) is 0 Å². The van der Waals surface area contributed by atoms with Gasteiger partial charge in [0.25, 0.3) is 0 Å². The number of benzene rings is 1. The van der Waals surface area contributed by atoms with E-state index in [2.05, 4.69) is 77.4 Å². The Morgan fingerprint density at radius 2 is 1.24 bits per heavy atom. The van der Waals surface area contributed by atoms with E-state index in [4.69, 9.17) is 9.47 Å². The van der Waals surface area contributed by atoms with Crippen molar-refractivity contribution in [3.05, 3.63) is 47.8 Å². The van der Waals surface area contributed by atoms with Crippen LogP contribution in [0.25, 0.3) is 0 Å². The van der Waals surface area contributed by atoms with Crippen molar-refractivity contribution in [3.8, 4) is 11.5 Å². The Morgan fingerprint density at radius 3 is 1.79 bits per heavy atom. The first-order valence-electron chi connectivity index (χ1n) is 13.7. The molecule has 194 valence electrons. The van der Waals surface area contributed by atoms with Crippen LogP contribution in [-0.2, 0) is 6.54 Å². The summed E-state index contributed by atoms with van der Waals surface area (Å²) in [5.41, 5.74) is 1.27. The fourth-order valence-electron chi connectivity index (χ4n) is 4.02. The summed E-state index contributed by atoms with van der Waals surface area (Å²) < 4.78 is 12.3. The Labute approximate surface area is 213 Å². The van der Waals surface area contributed by atoms with E-state index in [-0.39, 0.29) is 0 Å². The third-order valence-electron chi connectivity index (χ3n) is 5.92. The van der Waals surface area contributed by atoms with Gasteiger partial charge in [0.2, 0.25) is 0 Å². The van der Waals surface area contributed by atoms with Gasteiger partial charge in [-0.3, -0.25) is 0 Å². The summed E-state index contributed by atoms with van der Waals surface area (Å²) >= 11 is 0. The zero-order chi connectivity index (χ0) is 24.7. The molecule has 0 saturated carbocycles. The molecule has 34 heavy (non-hydrogen) atoms. The topological polar surface area (TPSA) is 21.7 Å². The summed E-state index contributed by atoms with van der Waals surface area (Å²) in [4.78, 5) is 2.19. The zero-order valence-corrected chi connectivity index (χ0v) is 23.6. The molecule has 1 unspecified atom stereocenters. The first-order chi connectivity index (χ1) is 16.7. The lowest BCUT2D eigenvalue weighted by atomic mass is 10.1. The fraction of sp³-hybridized carbons (Fsp3) is 0.667. The molecule has 0 heterocycles. The van der Waals surface area contributed by atoms with Crippen LogP contribution in [0.5, 0.6) is 11.5 Å². The van der Waals surface area contributed by atoms with Crippen LogP contribution >= 0.6 is 9.24 Å². The highest BCUT2D eigenvalue weighted by Crippen LogP contribution is 2.29. The maximum absolute atomic E-state index is 6.20. The Morgan fingerprint density at radius 1 is 0.706 bits per heavy atom. The van der Waals surface area contributed by atoms with E-state index >= 15 is 0 Å². The van der Waals surface area contributed by atoms with Gasteiger partial charge in [0.05, 0.1) is 13.2 Å². The van der Waals surface area contributed by atoms with E-state index in [0.29, 0.717) is 0 Å². The van der Waals surface area contributed by atoms with Crippen LogP contribution in [0.1, 0.15) is 102 Å². The molecule has 4 heteroatoms. The third-order valence-corrected chi connectivity index (χ3v) is 6.20. The highest BCUT2D eigenvalue weighted by atomic mass is 31.0. The van der Waals surface area contributed by atoms with Crippen molar-refractivity contribution in [2.75, 3.05) is 27.3 Å². The molecule has 0 aliphatic heterocycles. The van der Waals surface area contributed by atoms with Crippen molar-refractivity contribution >= 4 is 9.24 Å². The second-order valence-electron chi connectivity index (χ2n) is 9.53. The van der Waals surface area contributed by atoms with Gasteiger partial charge in [-0.1, -0.05) is 81.5 Å². The zero-order valence-electron chi connectivity index (χ0n) is 22.4. The lowest BCUT2D eigenvalue weighted by molar-refractivity contribution is 0.257. The predicted octanol–water partition coefficient (Wildman–Crippen LogP) is 8.93. The van der Waals surface area contributed by atoms with E-state index < -0.39 is 0 Å². The number of ether oxygens (including phenoxy) is 2. The van der Waals surface area contributed by atoms with Crippen LogP contribution in [-0.4, -0.2) is 32.2 Å². The van der Waals surface area contributed by atoms with Crippen molar-refractivity contribution in [1.82, 2.24) is 4.90 Å². The monoisotopic (exact) mass is 489 g/mol. The van der Waals surface area contributed by atoms with Crippen molar-refractivity contribution < 1.29 is 9.47 Å². The molecule has 0 aliphatic carbocycles. The van der Waals surface area contributed by atoms with Crippen LogP contribution in [0.3, 0.4) is 0 Å². The van der Waals surface area contributed by atoms with Gasteiger partial charge in [-0.25, -0.2) is 0 Å². The quantitative estimate of drug-likeness (QED) is 0.0921. The van der Waals surface area contributed by atoms with Gasteiger partial charge in [0, 0.05) is 6.54 Å². The maximum atomic E-state index is 6.20. The van der Waals surface area contributed by atoms with Gasteiger partial charge in [0.1, 0.15) is 0 Å². The molecular formula is C30H52NO2P. The molecular weight excluding hydrogens is 437 g/mol. The van der Waals surface area contributed by atoms with Crippen LogP contribution in [0.2, 0.25) is 0 Å². The molecule has 0 amide bonds. The van der Waals surface area contributed by atoms with E-state index in [9.17, 15) is 0 Å². The average molecular weight is 490 g/mol. The van der Waals surface area contributed by atoms with Crippen molar-refractivity contribution in [2.24, 2.45) is 0 Å². The molecule has 0 aromatic heterocycles. The standard InChI is InChI=1S/C30H52NO2P/c1-4-5-6-7-8-9-12-15-18-23-32-29-22-21-28(27-31(2)3)26-30(29)33-24-19-16-13-10-11-14-17-20-25-34/h4-5,20-22,25-26H,6-19,23-24,27,34H2,1-3H3/b5-4-,25-20-. The minimum Gasteiger partial charge on any atom is -0.490 e. The minimum absolute atomic E-state index is 0.769. The van der Waals surface area contributed by atoms with Crippen LogP contribution in [0, 0.1) is 0 Å². The Balaban J connectivity index is 2.31. The SMILES string of the molecule is C/C=C\CCCCCCCCOc1ccc(CN(C)C)cc1OCCCCCCCC/C=C\P. The highest BCUT2D eigenvalue weighted by molar-refractivity contribution is 7.20. The molecule has 1 aromatic rings. The molecule has 1 atom stereocenters. The van der Waals surface area contributed by atoms with E-state index in [1.54, 1.807) is 0 Å². The smallest absolute Gasteiger partial charge is 0.161 e. The number of nitrogens with zero attached hydrogens (tertiary/aromatic N) is 1. The van der Waals surface area contributed by atoms with Gasteiger partial charge in [-0.05, 0) is 77.2 Å². The number of hydrogen-bond acceptors (Lipinski definition) is 3. The molecule has 0 spiro atoms. The second kappa shape index (κ2) is 22.2. The summed E-state index contributed by atoms with van der Waals surface area (Å²) in [6.07, 6.45) is 24.3. The summed E-state index contributed by atoms with van der Waals surface area (Å²) in [6.45, 7) is 4.55. The molecule has 1 aromatic carbocycles. The Hall–Kier alpha value is -1.31.